The summed E-state index contributed by atoms with van der Waals surface area (Å²) >= 11 is 5.60. The van der Waals surface area contributed by atoms with Gasteiger partial charge in [-0.15, -0.1) is 0 Å². The highest BCUT2D eigenvalue weighted by Crippen LogP contribution is 2.01. The number of hydrogen-bond donors (Lipinski definition) is 0. The first-order chi connectivity index (χ1) is 7.70. The van der Waals surface area contributed by atoms with E-state index in [0.29, 0.717) is 18.1 Å². The molecule has 0 fully saturated rings. The molecule has 0 unspecified atom stereocenters. The number of aromatic nitrogens is 4. The van der Waals surface area contributed by atoms with Crippen molar-refractivity contribution in [3.63, 3.8) is 0 Å². The van der Waals surface area contributed by atoms with E-state index in [-0.39, 0.29) is 17.3 Å². The minimum atomic E-state index is -0.375. The molecule has 0 N–H and O–H groups in total. The molecule has 0 aromatic carbocycles. The topological polar surface area (TPSA) is 73.8 Å². The zero-order valence-electron chi connectivity index (χ0n) is 8.55. The van der Waals surface area contributed by atoms with Crippen molar-refractivity contribution in [3.8, 4) is 0 Å². The summed E-state index contributed by atoms with van der Waals surface area (Å²) in [5, 5.41) is 3.66. The molecule has 2 aromatic heterocycles. The zero-order valence-corrected chi connectivity index (χ0v) is 9.31. The molecule has 0 bridgehead atoms. The smallest absolute Gasteiger partial charge is 0.288 e. The van der Waals surface area contributed by atoms with Crippen LogP contribution in [-0.2, 0) is 13.0 Å². The Bertz CT molecular complexity index is 548. The van der Waals surface area contributed by atoms with Gasteiger partial charge in [-0.3, -0.25) is 4.79 Å². The molecule has 84 valence electrons. The Hall–Kier alpha value is -1.69. The number of hydrogen-bond acceptors (Lipinski definition) is 5. The normalized spacial score (nSPS) is 10.6. The minimum absolute atomic E-state index is 0.0715. The van der Waals surface area contributed by atoms with Gasteiger partial charge in [-0.2, -0.15) is 4.98 Å². The van der Waals surface area contributed by atoms with Crippen LogP contribution in [0.15, 0.2) is 21.7 Å². The van der Waals surface area contributed by atoms with E-state index in [4.69, 9.17) is 16.1 Å². The van der Waals surface area contributed by atoms with Gasteiger partial charge in [0.2, 0.25) is 5.89 Å². The highest BCUT2D eigenvalue weighted by Gasteiger charge is 2.08. The van der Waals surface area contributed by atoms with Gasteiger partial charge in [0.25, 0.3) is 5.56 Å². The van der Waals surface area contributed by atoms with Crippen LogP contribution in [0.3, 0.4) is 0 Å². The second kappa shape index (κ2) is 4.44. The van der Waals surface area contributed by atoms with Crippen LogP contribution < -0.4 is 5.56 Å². The molecule has 0 saturated heterocycles. The molecule has 7 heteroatoms. The molecule has 0 aliphatic heterocycles. The Kier molecular flexibility index (Phi) is 3.00. The molecule has 2 rings (SSSR count). The standard InChI is InChI=1S/C9H9ClN4O2/c1-2-6-12-7(16-13-6)5-14-4-3-11-8(10)9(14)15/h3-4H,2,5H2,1H3. The fourth-order valence-electron chi connectivity index (χ4n) is 1.19. The third-order valence-corrected chi connectivity index (χ3v) is 2.26. The van der Waals surface area contributed by atoms with Gasteiger partial charge >= 0.3 is 0 Å². The lowest BCUT2D eigenvalue weighted by molar-refractivity contribution is 0.365. The third-order valence-electron chi connectivity index (χ3n) is 2.00. The summed E-state index contributed by atoms with van der Waals surface area (Å²) in [7, 11) is 0. The molecule has 2 heterocycles. The average molecular weight is 241 g/mol. The summed E-state index contributed by atoms with van der Waals surface area (Å²) < 4.78 is 6.33. The Morgan fingerprint density at radius 1 is 1.56 bits per heavy atom. The number of halogens is 1. The van der Waals surface area contributed by atoms with Gasteiger partial charge in [-0.25, -0.2) is 4.98 Å². The van der Waals surface area contributed by atoms with Gasteiger partial charge in [0.05, 0.1) is 0 Å². The van der Waals surface area contributed by atoms with Gasteiger partial charge in [0, 0.05) is 18.8 Å². The van der Waals surface area contributed by atoms with Gasteiger partial charge in [0.1, 0.15) is 6.54 Å². The van der Waals surface area contributed by atoms with Crippen LogP contribution in [0.5, 0.6) is 0 Å². The van der Waals surface area contributed by atoms with Crippen molar-refractivity contribution in [2.75, 3.05) is 0 Å². The van der Waals surface area contributed by atoms with Crippen LogP contribution in [0.2, 0.25) is 5.15 Å². The van der Waals surface area contributed by atoms with E-state index < -0.39 is 0 Å². The van der Waals surface area contributed by atoms with Crippen LogP contribution in [0.25, 0.3) is 0 Å². The number of rotatable bonds is 3. The third kappa shape index (κ3) is 2.11. The SMILES string of the molecule is CCc1noc(Cn2ccnc(Cl)c2=O)n1. The van der Waals surface area contributed by atoms with Crippen molar-refractivity contribution >= 4 is 11.6 Å². The maximum atomic E-state index is 11.5. The molecule has 16 heavy (non-hydrogen) atoms. The summed E-state index contributed by atoms with van der Waals surface area (Å²) in [6, 6.07) is 0. The van der Waals surface area contributed by atoms with E-state index in [9.17, 15) is 4.79 Å². The van der Waals surface area contributed by atoms with Crippen LogP contribution in [0.4, 0.5) is 0 Å². The maximum Gasteiger partial charge on any atom is 0.288 e. The molecule has 0 radical (unpaired) electrons. The summed E-state index contributed by atoms with van der Waals surface area (Å²) in [5.41, 5.74) is -0.375. The van der Waals surface area contributed by atoms with E-state index in [1.165, 1.54) is 17.0 Å². The number of aryl methyl sites for hydroxylation is 1. The molecular formula is C9H9ClN4O2. The zero-order chi connectivity index (χ0) is 11.5. The second-order valence-electron chi connectivity index (χ2n) is 3.11. The number of nitrogens with zero attached hydrogens (tertiary/aromatic N) is 4. The quantitative estimate of drug-likeness (QED) is 0.797. The highest BCUT2D eigenvalue weighted by molar-refractivity contribution is 6.29. The summed E-state index contributed by atoms with van der Waals surface area (Å²) in [5.74, 6) is 0.990. The van der Waals surface area contributed by atoms with E-state index in [1.807, 2.05) is 6.92 Å². The van der Waals surface area contributed by atoms with Crippen LogP contribution in [-0.4, -0.2) is 19.7 Å². The first kappa shape index (κ1) is 10.8. The van der Waals surface area contributed by atoms with Crippen molar-refractivity contribution in [3.05, 3.63) is 39.6 Å². The Morgan fingerprint density at radius 2 is 2.38 bits per heavy atom. The summed E-state index contributed by atoms with van der Waals surface area (Å²) in [6.07, 6.45) is 3.65. The van der Waals surface area contributed by atoms with Crippen LogP contribution in [0, 0.1) is 0 Å². The Labute approximate surface area is 95.9 Å². The lowest BCUT2D eigenvalue weighted by Gasteiger charge is -2.00. The molecule has 0 amide bonds. The largest absolute Gasteiger partial charge is 0.337 e. The van der Waals surface area contributed by atoms with E-state index in [1.54, 1.807) is 0 Å². The average Bonchev–Trinajstić information content (AvgIpc) is 2.73. The first-order valence-electron chi connectivity index (χ1n) is 4.73. The van der Waals surface area contributed by atoms with Gasteiger partial charge in [0.15, 0.2) is 11.0 Å². The van der Waals surface area contributed by atoms with Crippen molar-refractivity contribution in [2.45, 2.75) is 19.9 Å². The first-order valence-corrected chi connectivity index (χ1v) is 5.11. The van der Waals surface area contributed by atoms with Gasteiger partial charge in [-0.1, -0.05) is 23.7 Å². The van der Waals surface area contributed by atoms with Gasteiger partial charge < -0.3 is 9.09 Å². The molecule has 6 nitrogen and oxygen atoms in total. The maximum absolute atomic E-state index is 11.5. The van der Waals surface area contributed by atoms with Crippen LogP contribution >= 0.6 is 11.6 Å². The second-order valence-corrected chi connectivity index (χ2v) is 3.47. The predicted octanol–water partition coefficient (Wildman–Crippen LogP) is 0.890. The van der Waals surface area contributed by atoms with E-state index >= 15 is 0 Å². The molecule has 0 atom stereocenters. The molecule has 0 aliphatic carbocycles. The van der Waals surface area contributed by atoms with Crippen molar-refractivity contribution < 1.29 is 4.52 Å². The molecular weight excluding hydrogens is 232 g/mol. The monoisotopic (exact) mass is 240 g/mol. The van der Waals surface area contributed by atoms with Crippen molar-refractivity contribution in [1.82, 2.24) is 19.7 Å². The lowest BCUT2D eigenvalue weighted by atomic mass is 10.5. The van der Waals surface area contributed by atoms with Crippen molar-refractivity contribution in [1.29, 1.82) is 0 Å². The fraction of sp³-hybridized carbons (Fsp3) is 0.333. The molecule has 2 aromatic rings. The Balaban J connectivity index is 2.27. The minimum Gasteiger partial charge on any atom is -0.337 e. The molecule has 0 aliphatic rings. The lowest BCUT2D eigenvalue weighted by Crippen LogP contribution is -2.21. The summed E-state index contributed by atoms with van der Waals surface area (Å²) in [6.45, 7) is 2.12. The van der Waals surface area contributed by atoms with Crippen LogP contribution in [0.1, 0.15) is 18.6 Å². The van der Waals surface area contributed by atoms with Crippen molar-refractivity contribution in [2.24, 2.45) is 0 Å². The van der Waals surface area contributed by atoms with E-state index in [2.05, 4.69) is 15.1 Å². The fourth-order valence-corrected chi connectivity index (χ4v) is 1.35. The molecule has 0 spiro atoms. The Morgan fingerprint density at radius 3 is 3.06 bits per heavy atom. The van der Waals surface area contributed by atoms with Gasteiger partial charge in [-0.05, 0) is 0 Å². The highest BCUT2D eigenvalue weighted by atomic mass is 35.5. The predicted molar refractivity (Wildman–Crippen MR) is 56.3 cm³/mol. The summed E-state index contributed by atoms with van der Waals surface area (Å²) in [4.78, 5) is 19.3. The van der Waals surface area contributed by atoms with E-state index in [0.717, 1.165) is 0 Å². The molecule has 0 saturated carbocycles.